The van der Waals surface area contributed by atoms with Gasteiger partial charge in [-0.1, -0.05) is 25.1 Å². The molecule has 0 unspecified atom stereocenters. The topological polar surface area (TPSA) is 164 Å². The van der Waals surface area contributed by atoms with Crippen LogP contribution in [0, 0.1) is 24.7 Å². The minimum Gasteiger partial charge on any atom is -0.446 e. The molecule has 14 heteroatoms. The Labute approximate surface area is 291 Å². The van der Waals surface area contributed by atoms with E-state index in [9.17, 15) is 27.6 Å². The van der Waals surface area contributed by atoms with E-state index in [1.807, 2.05) is 49.6 Å². The Morgan fingerprint density at radius 1 is 1.16 bits per heavy atom. The summed E-state index contributed by atoms with van der Waals surface area (Å²) in [7, 11) is -2.23. The first kappa shape index (κ1) is 35.1. The second kappa shape index (κ2) is 13.5. The molecule has 1 aliphatic heterocycles. The molecule has 1 aromatic heterocycles. The summed E-state index contributed by atoms with van der Waals surface area (Å²) >= 11 is 1.49. The minimum atomic E-state index is -3.93. The molecule has 5 atom stereocenters. The third-order valence-electron chi connectivity index (χ3n) is 10.5. The summed E-state index contributed by atoms with van der Waals surface area (Å²) in [4.78, 5) is 61.0. The first-order chi connectivity index (χ1) is 23.2. The zero-order valence-corrected chi connectivity index (χ0v) is 30.0. The Morgan fingerprint density at radius 2 is 1.92 bits per heavy atom. The molecule has 49 heavy (non-hydrogen) atoms. The molecule has 264 valence electrons. The summed E-state index contributed by atoms with van der Waals surface area (Å²) in [6.45, 7) is 6.06. The first-order valence-electron chi connectivity index (χ1n) is 17.1. The van der Waals surface area contributed by atoms with Crippen LogP contribution < -0.4 is 15.4 Å². The minimum absolute atomic E-state index is 0.0745. The highest BCUT2D eigenvalue weighted by molar-refractivity contribution is 7.91. The smallest absolute Gasteiger partial charge is 0.411 e. The number of carbonyl (C=O) groups is 4. The second-order valence-electron chi connectivity index (χ2n) is 14.2. The summed E-state index contributed by atoms with van der Waals surface area (Å²) in [5.74, 6) is -3.59. The average Bonchev–Trinajstić information content (AvgIpc) is 3.83. The number of hydrogen-bond donors (Lipinski definition) is 3. The monoisotopic (exact) mass is 711 g/mol. The largest absolute Gasteiger partial charge is 0.446 e. The molecule has 3 saturated carbocycles. The number of benzene rings is 1. The lowest BCUT2D eigenvalue weighted by atomic mass is 9.93. The average molecular weight is 712 g/mol. The molecule has 6 rings (SSSR count). The summed E-state index contributed by atoms with van der Waals surface area (Å²) in [6, 6.07) is 5.70. The number of allylic oxidation sites excluding steroid dienone is 1. The van der Waals surface area contributed by atoms with Gasteiger partial charge in [-0.05, 0) is 89.3 Å². The number of sulfonamides is 1. The van der Waals surface area contributed by atoms with Gasteiger partial charge >= 0.3 is 6.09 Å². The molecule has 12 nitrogen and oxygen atoms in total. The number of fused-ring (bicyclic) bond motifs is 2. The van der Waals surface area contributed by atoms with E-state index in [4.69, 9.17) is 4.74 Å². The molecular weight excluding hydrogens is 667 g/mol. The van der Waals surface area contributed by atoms with Gasteiger partial charge in [0.25, 0.3) is 5.91 Å². The normalized spacial score (nSPS) is 28.0. The van der Waals surface area contributed by atoms with Gasteiger partial charge in [-0.2, -0.15) is 0 Å². The zero-order valence-electron chi connectivity index (χ0n) is 28.4. The zero-order chi connectivity index (χ0) is 35.1. The first-order valence-corrected chi connectivity index (χ1v) is 19.4. The van der Waals surface area contributed by atoms with Crippen molar-refractivity contribution in [1.29, 1.82) is 0 Å². The van der Waals surface area contributed by atoms with Crippen molar-refractivity contribution in [3.05, 3.63) is 47.0 Å². The van der Waals surface area contributed by atoms with E-state index >= 15 is 0 Å². The molecular formula is C35H45N5O7S2. The molecule has 3 N–H and O–H groups in total. The fourth-order valence-electron chi connectivity index (χ4n) is 6.82. The van der Waals surface area contributed by atoms with Crippen LogP contribution in [0.25, 0.3) is 10.6 Å². The lowest BCUT2D eigenvalue weighted by molar-refractivity contribution is -0.140. The highest BCUT2D eigenvalue weighted by atomic mass is 32.2. The van der Waals surface area contributed by atoms with Crippen LogP contribution in [0.5, 0.6) is 0 Å². The standard InChI is InChI=1S/C35H45N5O7S2/c1-5-23-20-48-30(36-23)25-12-11-21(2)16-28(25)37-33(44)47-24-17-26-27(18-24)31(42)40(4)15-9-7-6-8-10-22-19-35(22,38-29(26)41)32(43)39-49(45,46)34(3)13-14-34/h8,10-12,16,20,22,24,26-27H,5-7,9,13-15,17-19H2,1-4H3,(H,37,44)(H,38,41)(H,39,43)/t22-,24-,26-,27-,35-/m1/s1. The van der Waals surface area contributed by atoms with Gasteiger partial charge in [0.1, 0.15) is 16.7 Å². The van der Waals surface area contributed by atoms with Crippen LogP contribution in [0.2, 0.25) is 0 Å². The third kappa shape index (κ3) is 7.26. The van der Waals surface area contributed by atoms with Crippen molar-refractivity contribution in [1.82, 2.24) is 19.9 Å². The van der Waals surface area contributed by atoms with Gasteiger partial charge in [-0.15, -0.1) is 11.3 Å². The van der Waals surface area contributed by atoms with Gasteiger partial charge in [0, 0.05) is 30.5 Å². The maximum absolute atomic E-state index is 14.0. The van der Waals surface area contributed by atoms with E-state index < -0.39 is 56.2 Å². The molecule has 3 fully saturated rings. The van der Waals surface area contributed by atoms with Gasteiger partial charge in [-0.3, -0.25) is 24.4 Å². The number of rotatable bonds is 7. The molecule has 4 amide bonds. The molecule has 1 aromatic carbocycles. The highest BCUT2D eigenvalue weighted by Gasteiger charge is 2.63. The number of amides is 4. The van der Waals surface area contributed by atoms with E-state index in [0.29, 0.717) is 25.1 Å². The molecule has 3 aliphatic carbocycles. The number of carbonyl (C=O) groups excluding carboxylic acids is 4. The van der Waals surface area contributed by atoms with Crippen LogP contribution in [0.4, 0.5) is 10.5 Å². The number of thiazole rings is 1. The molecule has 0 radical (unpaired) electrons. The van der Waals surface area contributed by atoms with Crippen molar-refractivity contribution in [3.63, 3.8) is 0 Å². The summed E-state index contributed by atoms with van der Waals surface area (Å²) in [5, 5.41) is 8.49. The number of hydrogen-bond acceptors (Lipinski definition) is 9. The van der Waals surface area contributed by atoms with Gasteiger partial charge in [0.2, 0.25) is 21.8 Å². The SMILES string of the molecule is CCc1csc(-c2ccc(C)cc2NC(=O)O[C@@H]2C[C@H]3C(=O)N[C@]4(C(=O)NS(=O)(=O)C5(C)CC5)C[C@H]4C=CCCCCN(C)C(=O)[C@@H]3C2)n1. The van der Waals surface area contributed by atoms with E-state index in [2.05, 4.69) is 20.3 Å². The third-order valence-corrected chi connectivity index (χ3v) is 13.5. The number of nitrogens with zero attached hydrogens (tertiary/aromatic N) is 2. The number of aryl methyl sites for hydroxylation is 2. The van der Waals surface area contributed by atoms with Gasteiger partial charge < -0.3 is 15.0 Å². The number of aromatic nitrogens is 1. The fourth-order valence-corrected chi connectivity index (χ4v) is 9.08. The quantitative estimate of drug-likeness (QED) is 0.348. The summed E-state index contributed by atoms with van der Waals surface area (Å²) in [5.41, 5.74) is 1.76. The lowest BCUT2D eigenvalue weighted by Gasteiger charge is -2.27. The predicted molar refractivity (Wildman–Crippen MR) is 186 cm³/mol. The lowest BCUT2D eigenvalue weighted by Crippen LogP contribution is -2.55. The van der Waals surface area contributed by atoms with Crippen molar-refractivity contribution in [2.24, 2.45) is 17.8 Å². The van der Waals surface area contributed by atoms with E-state index in [0.717, 1.165) is 47.5 Å². The highest BCUT2D eigenvalue weighted by Crippen LogP contribution is 2.48. The Balaban J connectivity index is 1.21. The van der Waals surface area contributed by atoms with Gasteiger partial charge in [0.15, 0.2) is 0 Å². The van der Waals surface area contributed by atoms with Gasteiger partial charge in [0.05, 0.1) is 28.0 Å². The van der Waals surface area contributed by atoms with Crippen molar-refractivity contribution < 1.29 is 32.3 Å². The van der Waals surface area contributed by atoms with Crippen LogP contribution in [0.3, 0.4) is 0 Å². The van der Waals surface area contributed by atoms with Crippen molar-refractivity contribution >= 4 is 50.9 Å². The Hall–Kier alpha value is -3.78. The Bertz CT molecular complexity index is 1790. The van der Waals surface area contributed by atoms with Crippen LogP contribution in [0.1, 0.15) is 76.5 Å². The summed E-state index contributed by atoms with van der Waals surface area (Å²) in [6.07, 6.45) is 6.84. The van der Waals surface area contributed by atoms with Crippen molar-refractivity contribution in [3.8, 4) is 10.6 Å². The Morgan fingerprint density at radius 3 is 2.63 bits per heavy atom. The molecule has 0 spiro atoms. The number of nitrogens with one attached hydrogen (secondary N) is 3. The second-order valence-corrected chi connectivity index (χ2v) is 17.3. The maximum Gasteiger partial charge on any atom is 0.411 e. The molecule has 2 aromatic rings. The van der Waals surface area contributed by atoms with Crippen molar-refractivity contribution in [2.45, 2.75) is 94.9 Å². The van der Waals surface area contributed by atoms with Crippen LogP contribution in [-0.4, -0.2) is 72.1 Å². The summed E-state index contributed by atoms with van der Waals surface area (Å²) < 4.78 is 33.1. The Kier molecular flexibility index (Phi) is 9.66. The van der Waals surface area contributed by atoms with Crippen molar-refractivity contribution in [2.75, 3.05) is 18.9 Å². The molecule has 0 bridgehead atoms. The number of ether oxygens (including phenoxy) is 1. The maximum atomic E-state index is 14.0. The van der Waals surface area contributed by atoms with Gasteiger partial charge in [-0.25, -0.2) is 18.2 Å². The van der Waals surface area contributed by atoms with Crippen LogP contribution in [-0.2, 0) is 35.6 Å². The number of anilines is 1. The van der Waals surface area contributed by atoms with E-state index in [-0.39, 0.29) is 31.1 Å². The molecule has 2 heterocycles. The van der Waals surface area contributed by atoms with E-state index in [1.165, 1.54) is 11.3 Å². The predicted octanol–water partition coefficient (Wildman–Crippen LogP) is 4.70. The van der Waals surface area contributed by atoms with E-state index in [1.54, 1.807) is 18.9 Å². The molecule has 0 saturated heterocycles. The van der Waals surface area contributed by atoms with Crippen LogP contribution >= 0.6 is 11.3 Å². The fraction of sp³-hybridized carbons (Fsp3) is 0.571. The molecule has 4 aliphatic rings. The van der Waals surface area contributed by atoms with Crippen LogP contribution in [0.15, 0.2) is 35.7 Å².